The van der Waals surface area contributed by atoms with Crippen LogP contribution in [-0.4, -0.2) is 51.0 Å². The number of hydrogen-bond donors (Lipinski definition) is 1. The lowest BCUT2D eigenvalue weighted by molar-refractivity contribution is -0.170. The van der Waals surface area contributed by atoms with Crippen LogP contribution in [0.1, 0.15) is 41.0 Å². The predicted molar refractivity (Wildman–Crippen MR) is 98.6 cm³/mol. The zero-order valence-electron chi connectivity index (χ0n) is 15.8. The van der Waals surface area contributed by atoms with Crippen LogP contribution in [0.2, 0.25) is 0 Å². The van der Waals surface area contributed by atoms with Gasteiger partial charge in [-0.25, -0.2) is 0 Å². The number of ether oxygens (including phenoxy) is 1. The zero-order valence-corrected chi connectivity index (χ0v) is 15.8. The molecule has 0 aromatic carbocycles. The smallest absolute Gasteiger partial charge is 0.267 e. The molecule has 2 atom stereocenters. The van der Waals surface area contributed by atoms with Gasteiger partial charge in [0, 0.05) is 51.8 Å². The maximum absolute atomic E-state index is 11.6. The Morgan fingerprint density at radius 2 is 2.11 bits per heavy atom. The topological polar surface area (TPSA) is 99.2 Å². The van der Waals surface area contributed by atoms with E-state index in [1.165, 1.54) is 6.42 Å². The molecular weight excluding hydrogens is 344 g/mol. The van der Waals surface area contributed by atoms with E-state index >= 15 is 0 Å². The number of pyridine rings is 1. The number of piperidine rings is 1. The van der Waals surface area contributed by atoms with Crippen molar-refractivity contribution in [2.45, 2.75) is 31.4 Å². The maximum atomic E-state index is 11.6. The first-order valence-corrected chi connectivity index (χ1v) is 9.42. The second kappa shape index (κ2) is 7.01. The molecule has 1 amide bonds. The van der Waals surface area contributed by atoms with E-state index in [0.29, 0.717) is 17.5 Å². The molecule has 27 heavy (non-hydrogen) atoms. The fourth-order valence-electron chi connectivity index (χ4n) is 5.07. The molecule has 1 aliphatic heterocycles. The summed E-state index contributed by atoms with van der Waals surface area (Å²) in [6.07, 6.45) is 6.89. The van der Waals surface area contributed by atoms with Crippen molar-refractivity contribution in [1.82, 2.24) is 24.9 Å². The normalized spacial score (nSPS) is 28.2. The van der Waals surface area contributed by atoms with Gasteiger partial charge >= 0.3 is 0 Å². The average molecular weight is 370 g/mol. The second-order valence-electron chi connectivity index (χ2n) is 7.66. The molecular formula is C19H26N6O2. The molecule has 2 N–H and O–H groups in total. The quantitative estimate of drug-likeness (QED) is 0.846. The zero-order chi connectivity index (χ0) is 19.0. The summed E-state index contributed by atoms with van der Waals surface area (Å²) >= 11 is 0. The van der Waals surface area contributed by atoms with Gasteiger partial charge in [0.15, 0.2) is 0 Å². The fraction of sp³-hybridized carbons (Fsp3) is 0.579. The molecule has 8 heteroatoms. The number of nitrogens with two attached hydrogens (primary N) is 1. The van der Waals surface area contributed by atoms with Crippen molar-refractivity contribution in [3.63, 3.8) is 0 Å². The standard InChI is InChI=1S/C19H26N6O2/c1-24-16(9-22-23-24)12-25-10-14-4-3-5-15(11-25)19(14,27-2)13-6-7-21-17(8-13)18(20)26/h6-9,14-15H,3-5,10-12H2,1-2H3,(H2,20,26). The van der Waals surface area contributed by atoms with Crippen molar-refractivity contribution in [2.75, 3.05) is 20.2 Å². The maximum Gasteiger partial charge on any atom is 0.267 e. The van der Waals surface area contributed by atoms with Crippen molar-refractivity contribution >= 4 is 5.91 Å². The highest BCUT2D eigenvalue weighted by molar-refractivity contribution is 5.90. The molecule has 0 radical (unpaired) electrons. The minimum absolute atomic E-state index is 0.297. The second-order valence-corrected chi connectivity index (χ2v) is 7.66. The van der Waals surface area contributed by atoms with Crippen LogP contribution in [0.15, 0.2) is 24.5 Å². The largest absolute Gasteiger partial charge is 0.373 e. The van der Waals surface area contributed by atoms with Gasteiger partial charge in [0.1, 0.15) is 11.3 Å². The van der Waals surface area contributed by atoms with E-state index in [1.807, 2.05) is 30.1 Å². The van der Waals surface area contributed by atoms with E-state index in [4.69, 9.17) is 10.5 Å². The summed E-state index contributed by atoms with van der Waals surface area (Å²) < 4.78 is 8.07. The molecule has 1 saturated heterocycles. The molecule has 2 aromatic rings. The first-order chi connectivity index (χ1) is 13.0. The summed E-state index contributed by atoms with van der Waals surface area (Å²) in [6.45, 7) is 2.70. The number of aromatic nitrogens is 4. The van der Waals surface area contributed by atoms with Gasteiger partial charge in [-0.15, -0.1) is 5.10 Å². The van der Waals surface area contributed by atoms with Gasteiger partial charge in [-0.05, 0) is 30.5 Å². The molecule has 1 aliphatic carbocycles. The molecule has 2 aromatic heterocycles. The van der Waals surface area contributed by atoms with Gasteiger partial charge in [-0.2, -0.15) is 0 Å². The Kier molecular flexibility index (Phi) is 4.69. The summed E-state index contributed by atoms with van der Waals surface area (Å²) in [5, 5.41) is 8.03. The van der Waals surface area contributed by atoms with Gasteiger partial charge in [0.25, 0.3) is 5.91 Å². The van der Waals surface area contributed by atoms with Crippen LogP contribution >= 0.6 is 0 Å². The van der Waals surface area contributed by atoms with Crippen LogP contribution in [0.3, 0.4) is 0 Å². The van der Waals surface area contributed by atoms with Crippen molar-refractivity contribution < 1.29 is 9.53 Å². The minimum Gasteiger partial charge on any atom is -0.373 e. The summed E-state index contributed by atoms with van der Waals surface area (Å²) in [6, 6.07) is 3.79. The average Bonchev–Trinajstić information content (AvgIpc) is 3.05. The molecule has 2 aliphatic rings. The lowest BCUT2D eigenvalue weighted by Gasteiger charge is -2.55. The van der Waals surface area contributed by atoms with E-state index in [0.717, 1.165) is 43.7 Å². The first-order valence-electron chi connectivity index (χ1n) is 9.42. The Labute approximate surface area is 158 Å². The number of amides is 1. The Morgan fingerprint density at radius 3 is 2.70 bits per heavy atom. The van der Waals surface area contributed by atoms with Crippen molar-refractivity contribution in [3.8, 4) is 0 Å². The van der Waals surface area contributed by atoms with Crippen LogP contribution in [-0.2, 0) is 23.9 Å². The van der Waals surface area contributed by atoms with Gasteiger partial charge in [0.2, 0.25) is 0 Å². The summed E-state index contributed by atoms with van der Waals surface area (Å²) in [4.78, 5) is 18.2. The van der Waals surface area contributed by atoms with E-state index < -0.39 is 11.5 Å². The predicted octanol–water partition coefficient (Wildman–Crippen LogP) is 1.08. The third-order valence-electron chi connectivity index (χ3n) is 6.27. The Bertz CT molecular complexity index is 821. The van der Waals surface area contributed by atoms with Crippen LogP contribution in [0.25, 0.3) is 0 Å². The van der Waals surface area contributed by atoms with E-state index in [1.54, 1.807) is 13.3 Å². The van der Waals surface area contributed by atoms with Gasteiger partial charge in [-0.3, -0.25) is 19.4 Å². The van der Waals surface area contributed by atoms with E-state index in [2.05, 4.69) is 20.2 Å². The number of methoxy groups -OCH3 is 1. The fourth-order valence-corrected chi connectivity index (χ4v) is 5.07. The van der Waals surface area contributed by atoms with Crippen molar-refractivity contribution in [2.24, 2.45) is 24.6 Å². The molecule has 3 heterocycles. The number of fused-ring (bicyclic) bond motifs is 2. The molecule has 2 bridgehead atoms. The SMILES string of the molecule is COC1(c2ccnc(C(N)=O)c2)C2CCCC1CN(Cc1cnnn1C)C2. The number of primary amides is 1. The van der Waals surface area contributed by atoms with E-state index in [-0.39, 0.29) is 0 Å². The Balaban J connectivity index is 1.65. The van der Waals surface area contributed by atoms with Crippen LogP contribution in [0, 0.1) is 11.8 Å². The molecule has 1 saturated carbocycles. The highest BCUT2D eigenvalue weighted by atomic mass is 16.5. The van der Waals surface area contributed by atoms with Gasteiger partial charge in [0.05, 0.1) is 11.9 Å². The number of carbonyl (C=O) groups is 1. The molecule has 0 spiro atoms. The third kappa shape index (κ3) is 3.02. The van der Waals surface area contributed by atoms with Gasteiger partial charge < -0.3 is 10.5 Å². The summed E-state index contributed by atoms with van der Waals surface area (Å²) in [5.41, 5.74) is 7.49. The lowest BCUT2D eigenvalue weighted by atomic mass is 9.62. The van der Waals surface area contributed by atoms with Crippen LogP contribution < -0.4 is 5.73 Å². The molecule has 2 fully saturated rings. The monoisotopic (exact) mass is 370 g/mol. The number of aryl methyl sites for hydroxylation is 1. The lowest BCUT2D eigenvalue weighted by Crippen LogP contribution is -2.58. The minimum atomic E-state index is -0.505. The van der Waals surface area contributed by atoms with Crippen molar-refractivity contribution in [1.29, 1.82) is 0 Å². The molecule has 2 unspecified atom stereocenters. The van der Waals surface area contributed by atoms with Crippen molar-refractivity contribution in [3.05, 3.63) is 41.5 Å². The number of nitrogens with zero attached hydrogens (tertiary/aromatic N) is 5. The number of rotatable bonds is 5. The van der Waals surface area contributed by atoms with Crippen LogP contribution in [0.5, 0.6) is 0 Å². The third-order valence-corrected chi connectivity index (χ3v) is 6.27. The molecule has 8 nitrogen and oxygen atoms in total. The van der Waals surface area contributed by atoms with Gasteiger partial charge in [-0.1, -0.05) is 11.6 Å². The first kappa shape index (κ1) is 18.1. The number of likely N-dealkylation sites (tertiary alicyclic amines) is 1. The summed E-state index contributed by atoms with van der Waals surface area (Å²) in [7, 11) is 3.71. The highest BCUT2D eigenvalue weighted by Gasteiger charge is 2.53. The summed E-state index contributed by atoms with van der Waals surface area (Å²) in [5.74, 6) is 0.188. The number of hydrogen-bond acceptors (Lipinski definition) is 6. The Hall–Kier alpha value is -2.32. The number of carbonyl (C=O) groups excluding carboxylic acids is 1. The highest BCUT2D eigenvalue weighted by Crippen LogP contribution is 2.51. The Morgan fingerprint density at radius 1 is 1.37 bits per heavy atom. The molecule has 4 rings (SSSR count). The van der Waals surface area contributed by atoms with Crippen LogP contribution in [0.4, 0.5) is 0 Å². The van der Waals surface area contributed by atoms with E-state index in [9.17, 15) is 4.79 Å². The molecule has 144 valence electrons.